The molecule has 0 saturated carbocycles. The number of β-amino-alcohol motifs (C(OH)–C–C–N with tert-alkyl or cyclic N) is 1. The van der Waals surface area contributed by atoms with Gasteiger partial charge >= 0.3 is 0 Å². The third-order valence-corrected chi connectivity index (χ3v) is 4.70. The largest absolute Gasteiger partial charge is 0.392 e. The van der Waals surface area contributed by atoms with Gasteiger partial charge in [0.2, 0.25) is 0 Å². The van der Waals surface area contributed by atoms with Gasteiger partial charge in [-0.2, -0.15) is 5.10 Å². The quantitative estimate of drug-likeness (QED) is 0.776. The van der Waals surface area contributed by atoms with Crippen LogP contribution in [0.3, 0.4) is 0 Å². The van der Waals surface area contributed by atoms with Crippen LogP contribution in [0.25, 0.3) is 11.3 Å². The number of likely N-dealkylation sites (tertiary alicyclic amines) is 1. The molecule has 1 aromatic heterocycles. The summed E-state index contributed by atoms with van der Waals surface area (Å²) in [6.45, 7) is 1.58. The Bertz CT molecular complexity index is 785. The Morgan fingerprint density at radius 1 is 1.04 bits per heavy atom. The van der Waals surface area contributed by atoms with Crippen molar-refractivity contribution in [1.82, 2.24) is 15.1 Å². The second-order valence-electron chi connectivity index (χ2n) is 6.32. The average Bonchev–Trinajstić information content (AvgIpc) is 3.27. The van der Waals surface area contributed by atoms with Crippen LogP contribution in [0.1, 0.15) is 23.6 Å². The van der Waals surface area contributed by atoms with Crippen LogP contribution in [0.15, 0.2) is 66.9 Å². The van der Waals surface area contributed by atoms with Crippen molar-refractivity contribution in [3.63, 3.8) is 0 Å². The third-order valence-electron chi connectivity index (χ3n) is 4.70. The number of benzene rings is 2. The van der Waals surface area contributed by atoms with Crippen molar-refractivity contribution in [2.45, 2.75) is 18.6 Å². The van der Waals surface area contributed by atoms with E-state index >= 15 is 0 Å². The molecule has 0 amide bonds. The van der Waals surface area contributed by atoms with Gasteiger partial charge in [0.05, 0.1) is 24.0 Å². The number of aliphatic hydroxyl groups excluding tert-OH is 1. The molecule has 24 heavy (non-hydrogen) atoms. The minimum atomic E-state index is -0.247. The molecule has 4 rings (SSSR count). The summed E-state index contributed by atoms with van der Waals surface area (Å²) in [6, 6.07) is 20.8. The van der Waals surface area contributed by atoms with E-state index in [1.54, 1.807) is 0 Å². The molecule has 0 bridgehead atoms. The van der Waals surface area contributed by atoms with Crippen molar-refractivity contribution >= 4 is 0 Å². The van der Waals surface area contributed by atoms with Gasteiger partial charge in [0, 0.05) is 18.7 Å². The zero-order chi connectivity index (χ0) is 16.4. The summed E-state index contributed by atoms with van der Waals surface area (Å²) in [6.07, 6.45) is 2.50. The smallest absolute Gasteiger partial charge is 0.0701 e. The summed E-state index contributed by atoms with van der Waals surface area (Å²) in [5, 5.41) is 17.5. The van der Waals surface area contributed by atoms with E-state index in [0.29, 0.717) is 6.54 Å². The fourth-order valence-corrected chi connectivity index (χ4v) is 3.56. The maximum Gasteiger partial charge on any atom is 0.0701 e. The number of nitrogens with zero attached hydrogens (tertiary/aromatic N) is 2. The maximum atomic E-state index is 10.0. The Morgan fingerprint density at radius 3 is 2.42 bits per heavy atom. The molecule has 4 nitrogen and oxygen atoms in total. The first-order valence-corrected chi connectivity index (χ1v) is 8.38. The summed E-state index contributed by atoms with van der Waals surface area (Å²) < 4.78 is 0. The lowest BCUT2D eigenvalue weighted by molar-refractivity contribution is 0.167. The lowest BCUT2D eigenvalue weighted by Gasteiger charge is -2.28. The SMILES string of the molecule is OC1CCN(C(c2ccccc2)c2cn[nH]c2-c2ccccc2)C1. The number of aromatic nitrogens is 2. The first-order chi connectivity index (χ1) is 11.8. The summed E-state index contributed by atoms with van der Waals surface area (Å²) in [5.41, 5.74) is 4.56. The van der Waals surface area contributed by atoms with Crippen molar-refractivity contribution in [1.29, 1.82) is 0 Å². The van der Waals surface area contributed by atoms with Crippen molar-refractivity contribution in [2.24, 2.45) is 0 Å². The van der Waals surface area contributed by atoms with Gasteiger partial charge in [-0.25, -0.2) is 0 Å². The van der Waals surface area contributed by atoms with E-state index in [1.165, 1.54) is 5.56 Å². The fourth-order valence-electron chi connectivity index (χ4n) is 3.56. The van der Waals surface area contributed by atoms with Gasteiger partial charge < -0.3 is 5.11 Å². The van der Waals surface area contributed by atoms with Crippen LogP contribution >= 0.6 is 0 Å². The van der Waals surface area contributed by atoms with E-state index in [0.717, 1.165) is 29.8 Å². The van der Waals surface area contributed by atoms with Crippen molar-refractivity contribution in [2.75, 3.05) is 13.1 Å². The molecule has 2 atom stereocenters. The molecule has 1 fully saturated rings. The highest BCUT2D eigenvalue weighted by atomic mass is 16.3. The molecule has 1 aliphatic heterocycles. The normalized spacial score (nSPS) is 19.5. The van der Waals surface area contributed by atoms with Gasteiger partial charge in [-0.05, 0) is 17.5 Å². The van der Waals surface area contributed by atoms with E-state index in [9.17, 15) is 5.11 Å². The van der Waals surface area contributed by atoms with Crippen molar-refractivity contribution in [3.05, 3.63) is 78.0 Å². The van der Waals surface area contributed by atoms with Gasteiger partial charge in [-0.1, -0.05) is 60.7 Å². The van der Waals surface area contributed by atoms with Crippen LogP contribution in [0, 0.1) is 0 Å². The molecule has 0 aliphatic carbocycles. The Balaban J connectivity index is 1.79. The highest BCUT2D eigenvalue weighted by molar-refractivity contribution is 5.64. The zero-order valence-corrected chi connectivity index (χ0v) is 13.5. The molecular formula is C20H21N3O. The van der Waals surface area contributed by atoms with E-state index < -0.39 is 0 Å². The highest BCUT2D eigenvalue weighted by Gasteiger charge is 2.31. The Morgan fingerprint density at radius 2 is 1.75 bits per heavy atom. The Kier molecular flexibility index (Phi) is 4.15. The predicted molar refractivity (Wildman–Crippen MR) is 94.5 cm³/mol. The highest BCUT2D eigenvalue weighted by Crippen LogP contribution is 2.36. The second-order valence-corrected chi connectivity index (χ2v) is 6.32. The van der Waals surface area contributed by atoms with Gasteiger partial charge in [-0.3, -0.25) is 10.00 Å². The third kappa shape index (κ3) is 2.86. The lowest BCUT2D eigenvalue weighted by atomic mass is 9.95. The van der Waals surface area contributed by atoms with E-state index in [4.69, 9.17) is 0 Å². The predicted octanol–water partition coefficient (Wildman–Crippen LogP) is 3.23. The molecule has 2 aromatic carbocycles. The molecule has 2 unspecified atom stereocenters. The van der Waals surface area contributed by atoms with Crippen LogP contribution < -0.4 is 0 Å². The number of hydrogen-bond donors (Lipinski definition) is 2. The average molecular weight is 319 g/mol. The number of aliphatic hydroxyl groups is 1. The molecule has 0 spiro atoms. The fraction of sp³-hybridized carbons (Fsp3) is 0.250. The molecule has 4 heteroatoms. The van der Waals surface area contributed by atoms with Crippen LogP contribution in [0.2, 0.25) is 0 Å². The van der Waals surface area contributed by atoms with Gasteiger partial charge in [0.25, 0.3) is 0 Å². The minimum absolute atomic E-state index is 0.0947. The summed E-state index contributed by atoms with van der Waals surface area (Å²) >= 11 is 0. The first-order valence-electron chi connectivity index (χ1n) is 8.38. The molecular weight excluding hydrogens is 298 g/mol. The second kappa shape index (κ2) is 6.59. The van der Waals surface area contributed by atoms with Gasteiger partial charge in [0.1, 0.15) is 0 Å². The summed E-state index contributed by atoms with van der Waals surface area (Å²) in [7, 11) is 0. The number of nitrogens with one attached hydrogen (secondary N) is 1. The molecule has 2 heterocycles. The Labute approximate surface area is 141 Å². The molecule has 0 radical (unpaired) electrons. The standard InChI is InChI=1S/C20H21N3O/c24-17-11-12-23(14-17)20(16-9-5-2-6-10-16)18-13-21-22-19(18)15-7-3-1-4-8-15/h1-10,13,17,20,24H,11-12,14H2,(H,21,22). The zero-order valence-electron chi connectivity index (χ0n) is 13.5. The monoisotopic (exact) mass is 319 g/mol. The molecule has 1 saturated heterocycles. The number of H-pyrrole nitrogens is 1. The van der Waals surface area contributed by atoms with Crippen molar-refractivity contribution < 1.29 is 5.11 Å². The van der Waals surface area contributed by atoms with Crippen LogP contribution in [-0.4, -0.2) is 39.4 Å². The molecule has 122 valence electrons. The van der Waals surface area contributed by atoms with Crippen LogP contribution in [0.5, 0.6) is 0 Å². The first kappa shape index (κ1) is 15.1. The number of aromatic amines is 1. The minimum Gasteiger partial charge on any atom is -0.392 e. The van der Waals surface area contributed by atoms with Gasteiger partial charge in [0.15, 0.2) is 0 Å². The van der Waals surface area contributed by atoms with Crippen molar-refractivity contribution in [3.8, 4) is 11.3 Å². The molecule has 3 aromatic rings. The summed E-state index contributed by atoms with van der Waals surface area (Å²) in [4.78, 5) is 2.34. The molecule has 1 aliphatic rings. The van der Waals surface area contributed by atoms with E-state index in [2.05, 4.69) is 51.5 Å². The van der Waals surface area contributed by atoms with E-state index in [1.807, 2.05) is 30.5 Å². The van der Waals surface area contributed by atoms with Crippen LogP contribution in [0.4, 0.5) is 0 Å². The maximum absolute atomic E-state index is 10.0. The summed E-state index contributed by atoms with van der Waals surface area (Å²) in [5.74, 6) is 0. The van der Waals surface area contributed by atoms with Crippen LogP contribution in [-0.2, 0) is 0 Å². The number of hydrogen-bond acceptors (Lipinski definition) is 3. The molecule has 2 N–H and O–H groups in total. The van der Waals surface area contributed by atoms with E-state index in [-0.39, 0.29) is 12.1 Å². The Hall–Kier alpha value is -2.43. The van der Waals surface area contributed by atoms with Gasteiger partial charge in [-0.15, -0.1) is 0 Å². The lowest BCUT2D eigenvalue weighted by Crippen LogP contribution is -2.28. The topological polar surface area (TPSA) is 52.1 Å². The number of rotatable bonds is 4.